The summed E-state index contributed by atoms with van der Waals surface area (Å²) in [6, 6.07) is -0.244. The van der Waals surface area contributed by atoms with Crippen molar-refractivity contribution in [3.63, 3.8) is 0 Å². The van der Waals surface area contributed by atoms with E-state index in [0.29, 0.717) is 13.1 Å². The Labute approximate surface area is 91.8 Å². The van der Waals surface area contributed by atoms with Gasteiger partial charge in [0.15, 0.2) is 0 Å². The van der Waals surface area contributed by atoms with Crippen LogP contribution in [0.25, 0.3) is 0 Å². The van der Waals surface area contributed by atoms with Gasteiger partial charge in [0.1, 0.15) is 0 Å². The third kappa shape index (κ3) is 4.27. The molecule has 0 spiro atoms. The number of hydrazine groups is 1. The van der Waals surface area contributed by atoms with Crippen molar-refractivity contribution in [2.45, 2.75) is 19.9 Å². The number of carbonyl (C=O) groups excluding carboxylic acids is 1. The minimum Gasteiger partial charge on any atom is -0.293 e. The summed E-state index contributed by atoms with van der Waals surface area (Å²) >= 11 is 0. The van der Waals surface area contributed by atoms with Crippen LogP contribution < -0.4 is 11.3 Å². The fourth-order valence-corrected chi connectivity index (χ4v) is 1.61. The minimum absolute atomic E-state index is 0.172. The van der Waals surface area contributed by atoms with Crippen LogP contribution in [0, 0.1) is 5.92 Å². The normalized spacial score (nSPS) is 12.6. The van der Waals surface area contributed by atoms with Gasteiger partial charge in [-0.15, -0.1) is 13.2 Å². The molecule has 4 nitrogen and oxygen atoms in total. The molecule has 0 aromatic rings. The lowest BCUT2D eigenvalue weighted by molar-refractivity contribution is -0.127. The summed E-state index contributed by atoms with van der Waals surface area (Å²) in [5, 5.41) is 0. The largest absolute Gasteiger partial charge is 0.293 e. The van der Waals surface area contributed by atoms with E-state index in [-0.39, 0.29) is 17.9 Å². The van der Waals surface area contributed by atoms with Gasteiger partial charge in [0.2, 0.25) is 0 Å². The topological polar surface area (TPSA) is 58.4 Å². The van der Waals surface area contributed by atoms with Gasteiger partial charge in [-0.25, -0.2) is 5.84 Å². The lowest BCUT2D eigenvalue weighted by atomic mass is 10.0. The molecule has 0 aliphatic heterocycles. The first-order valence-electron chi connectivity index (χ1n) is 5.04. The molecule has 0 saturated carbocycles. The van der Waals surface area contributed by atoms with Crippen LogP contribution in [0.3, 0.4) is 0 Å². The van der Waals surface area contributed by atoms with Crippen molar-refractivity contribution in [1.29, 1.82) is 0 Å². The molecule has 0 fully saturated rings. The highest BCUT2D eigenvalue weighted by molar-refractivity contribution is 5.81. The summed E-state index contributed by atoms with van der Waals surface area (Å²) in [7, 11) is 0. The number of rotatable bonds is 7. The van der Waals surface area contributed by atoms with Crippen LogP contribution in [-0.2, 0) is 4.79 Å². The average molecular weight is 211 g/mol. The first kappa shape index (κ1) is 13.9. The fraction of sp³-hybridized carbons (Fsp3) is 0.545. The zero-order valence-electron chi connectivity index (χ0n) is 9.57. The number of nitrogens with one attached hydrogen (secondary N) is 1. The highest BCUT2D eigenvalue weighted by Gasteiger charge is 2.26. The maximum atomic E-state index is 11.6. The molecule has 0 aliphatic rings. The quantitative estimate of drug-likeness (QED) is 0.282. The van der Waals surface area contributed by atoms with E-state index in [2.05, 4.69) is 18.6 Å². The van der Waals surface area contributed by atoms with Gasteiger partial charge in [-0.05, 0) is 5.92 Å². The Morgan fingerprint density at radius 2 is 1.87 bits per heavy atom. The van der Waals surface area contributed by atoms with Crippen molar-refractivity contribution >= 4 is 5.91 Å². The molecule has 86 valence electrons. The highest BCUT2D eigenvalue weighted by Crippen LogP contribution is 2.11. The number of nitrogens with two attached hydrogens (primary N) is 1. The van der Waals surface area contributed by atoms with Crippen molar-refractivity contribution in [1.82, 2.24) is 10.3 Å². The highest BCUT2D eigenvalue weighted by atomic mass is 16.2. The molecule has 0 radical (unpaired) electrons. The van der Waals surface area contributed by atoms with Crippen molar-refractivity contribution in [3.05, 3.63) is 25.3 Å². The first-order chi connectivity index (χ1) is 7.08. The predicted octanol–water partition coefficient (Wildman–Crippen LogP) is 0.675. The van der Waals surface area contributed by atoms with Gasteiger partial charge in [-0.3, -0.25) is 15.1 Å². The molecular weight excluding hydrogens is 190 g/mol. The molecule has 0 aromatic heterocycles. The van der Waals surface area contributed by atoms with E-state index in [1.54, 1.807) is 12.2 Å². The standard InChI is InChI=1S/C11H21N3O/c1-5-7-14(8-6-2)10(9(3)4)11(15)13-12/h5-6,9-10H,1-2,7-8,12H2,3-4H3,(H,13,15). The smallest absolute Gasteiger partial charge is 0.251 e. The van der Waals surface area contributed by atoms with E-state index in [4.69, 9.17) is 5.84 Å². The molecule has 15 heavy (non-hydrogen) atoms. The minimum atomic E-state index is -0.244. The number of amides is 1. The van der Waals surface area contributed by atoms with Crippen molar-refractivity contribution in [2.75, 3.05) is 13.1 Å². The summed E-state index contributed by atoms with van der Waals surface area (Å²) < 4.78 is 0. The summed E-state index contributed by atoms with van der Waals surface area (Å²) in [6.07, 6.45) is 3.53. The van der Waals surface area contributed by atoms with Gasteiger partial charge in [0.25, 0.3) is 5.91 Å². The lowest BCUT2D eigenvalue weighted by Crippen LogP contribution is -2.51. The molecule has 1 unspecified atom stereocenters. The molecule has 0 bridgehead atoms. The molecule has 0 rings (SSSR count). The SMILES string of the molecule is C=CCN(CC=C)C(C(=O)NN)C(C)C. The predicted molar refractivity (Wildman–Crippen MR) is 62.9 cm³/mol. The van der Waals surface area contributed by atoms with E-state index in [1.807, 2.05) is 18.7 Å². The van der Waals surface area contributed by atoms with Gasteiger partial charge in [-0.2, -0.15) is 0 Å². The van der Waals surface area contributed by atoms with Gasteiger partial charge >= 0.3 is 0 Å². The molecule has 1 atom stereocenters. The summed E-state index contributed by atoms with van der Waals surface area (Å²) in [4.78, 5) is 13.6. The van der Waals surface area contributed by atoms with Gasteiger partial charge in [-0.1, -0.05) is 26.0 Å². The zero-order valence-corrected chi connectivity index (χ0v) is 9.57. The third-order valence-corrected chi connectivity index (χ3v) is 2.16. The number of nitrogens with zero attached hydrogens (tertiary/aromatic N) is 1. The third-order valence-electron chi connectivity index (χ3n) is 2.16. The van der Waals surface area contributed by atoms with Crippen molar-refractivity contribution in [2.24, 2.45) is 11.8 Å². The van der Waals surface area contributed by atoms with Crippen molar-refractivity contribution in [3.8, 4) is 0 Å². The summed E-state index contributed by atoms with van der Waals surface area (Å²) in [5.41, 5.74) is 2.19. The van der Waals surface area contributed by atoms with Crippen molar-refractivity contribution < 1.29 is 4.79 Å². The maximum Gasteiger partial charge on any atom is 0.251 e. The number of hydrogen-bond donors (Lipinski definition) is 2. The summed E-state index contributed by atoms with van der Waals surface area (Å²) in [6.45, 7) is 12.6. The monoisotopic (exact) mass is 211 g/mol. The van der Waals surface area contributed by atoms with Crippen LogP contribution >= 0.6 is 0 Å². The first-order valence-corrected chi connectivity index (χ1v) is 5.04. The van der Waals surface area contributed by atoms with Crippen LogP contribution in [0.4, 0.5) is 0 Å². The molecule has 4 heteroatoms. The second-order valence-corrected chi connectivity index (χ2v) is 3.73. The second-order valence-electron chi connectivity index (χ2n) is 3.73. The molecular formula is C11H21N3O. The lowest BCUT2D eigenvalue weighted by Gasteiger charge is -2.31. The van der Waals surface area contributed by atoms with Crippen LogP contribution in [-0.4, -0.2) is 29.9 Å². The van der Waals surface area contributed by atoms with Crippen LogP contribution in [0.15, 0.2) is 25.3 Å². The van der Waals surface area contributed by atoms with Crippen LogP contribution in [0.1, 0.15) is 13.8 Å². The van der Waals surface area contributed by atoms with E-state index in [1.165, 1.54) is 0 Å². The second kappa shape index (κ2) is 7.20. The van der Waals surface area contributed by atoms with E-state index < -0.39 is 0 Å². The molecule has 0 aromatic carbocycles. The molecule has 1 amide bonds. The Hall–Kier alpha value is -1.13. The fourth-order valence-electron chi connectivity index (χ4n) is 1.61. The molecule has 0 saturated heterocycles. The Balaban J connectivity index is 4.72. The van der Waals surface area contributed by atoms with Gasteiger partial charge in [0.05, 0.1) is 6.04 Å². The van der Waals surface area contributed by atoms with Gasteiger partial charge < -0.3 is 0 Å². The van der Waals surface area contributed by atoms with Crippen LogP contribution in [0.5, 0.6) is 0 Å². The van der Waals surface area contributed by atoms with E-state index in [0.717, 1.165) is 0 Å². The molecule has 0 heterocycles. The van der Waals surface area contributed by atoms with Gasteiger partial charge in [0, 0.05) is 13.1 Å². The van der Waals surface area contributed by atoms with Crippen LogP contribution in [0.2, 0.25) is 0 Å². The molecule has 3 N–H and O–H groups in total. The van der Waals surface area contributed by atoms with E-state index in [9.17, 15) is 4.79 Å². The maximum absolute atomic E-state index is 11.6. The Morgan fingerprint density at radius 3 is 2.13 bits per heavy atom. The number of hydrogen-bond acceptors (Lipinski definition) is 3. The Morgan fingerprint density at radius 1 is 1.40 bits per heavy atom. The average Bonchev–Trinajstić information content (AvgIpc) is 2.18. The Bertz CT molecular complexity index is 216. The Kier molecular flexibility index (Phi) is 6.66. The zero-order chi connectivity index (χ0) is 11.8. The number of carbonyl (C=O) groups is 1. The van der Waals surface area contributed by atoms with E-state index >= 15 is 0 Å². The molecule has 0 aliphatic carbocycles. The summed E-state index contributed by atoms with van der Waals surface area (Å²) in [5.74, 6) is 5.18.